The maximum absolute atomic E-state index is 15.2. The zero-order valence-corrected chi connectivity index (χ0v) is 20.6. The highest BCUT2D eigenvalue weighted by Crippen LogP contribution is 2.27. The van der Waals surface area contributed by atoms with Crippen LogP contribution in [-0.2, 0) is 12.8 Å². The lowest BCUT2D eigenvalue weighted by molar-refractivity contribution is 0.302. The molecule has 182 valence electrons. The Morgan fingerprint density at radius 3 is 2.43 bits per heavy atom. The molecular weight excluding hydrogens is 466 g/mol. The summed E-state index contributed by atoms with van der Waals surface area (Å²) in [4.78, 5) is 8.86. The fourth-order valence-electron chi connectivity index (χ4n) is 4.08. The Bertz CT molecular complexity index is 1280. The van der Waals surface area contributed by atoms with Gasteiger partial charge in [-0.3, -0.25) is 0 Å². The maximum atomic E-state index is 15.2. The summed E-state index contributed by atoms with van der Waals surface area (Å²) in [6.45, 7) is 2.87. The van der Waals surface area contributed by atoms with Gasteiger partial charge in [0.2, 0.25) is 0 Å². The highest BCUT2D eigenvalue weighted by molar-refractivity contribution is 6.30. The molecule has 0 aliphatic carbocycles. The van der Waals surface area contributed by atoms with E-state index in [9.17, 15) is 4.39 Å². The molecule has 0 N–H and O–H groups in total. The Morgan fingerprint density at radius 1 is 0.857 bits per heavy atom. The Balaban J connectivity index is 1.40. The number of hydrogen-bond donors (Lipinski definition) is 0. The van der Waals surface area contributed by atoms with E-state index in [-0.39, 0.29) is 10.8 Å². The number of aromatic nitrogens is 2. The van der Waals surface area contributed by atoms with E-state index in [1.165, 1.54) is 37.8 Å². The van der Waals surface area contributed by atoms with Crippen LogP contribution in [0.3, 0.4) is 0 Å². The van der Waals surface area contributed by atoms with Gasteiger partial charge in [0.1, 0.15) is 11.6 Å². The number of nitrogens with zero attached hydrogens (tertiary/aromatic N) is 2. The number of ether oxygens (including phenoxy) is 1. The van der Waals surface area contributed by atoms with Gasteiger partial charge in [0.15, 0.2) is 11.6 Å². The molecule has 0 aliphatic heterocycles. The van der Waals surface area contributed by atoms with Crippen molar-refractivity contribution in [3.05, 3.63) is 88.7 Å². The Kier molecular flexibility index (Phi) is 8.64. The molecule has 0 amide bonds. The molecule has 0 aliphatic rings. The Morgan fingerprint density at radius 2 is 1.66 bits per heavy atom. The molecule has 0 fully saturated rings. The minimum absolute atomic E-state index is 0.0883. The van der Waals surface area contributed by atoms with Crippen molar-refractivity contribution < 1.29 is 13.5 Å². The Labute approximate surface area is 210 Å². The van der Waals surface area contributed by atoms with Crippen molar-refractivity contribution in [2.45, 2.75) is 51.9 Å². The quantitative estimate of drug-likeness (QED) is 0.196. The van der Waals surface area contributed by atoms with Gasteiger partial charge in [0.05, 0.1) is 24.0 Å². The second-order valence-electron chi connectivity index (χ2n) is 8.73. The van der Waals surface area contributed by atoms with Crippen molar-refractivity contribution in [2.24, 2.45) is 0 Å². The third-order valence-corrected chi connectivity index (χ3v) is 6.41. The van der Waals surface area contributed by atoms with Gasteiger partial charge in [-0.15, -0.1) is 0 Å². The van der Waals surface area contributed by atoms with Crippen molar-refractivity contribution >= 4 is 22.4 Å². The van der Waals surface area contributed by atoms with E-state index in [2.05, 4.69) is 16.9 Å². The van der Waals surface area contributed by atoms with Crippen LogP contribution in [0.2, 0.25) is 5.02 Å². The van der Waals surface area contributed by atoms with E-state index >= 15 is 4.39 Å². The van der Waals surface area contributed by atoms with Gasteiger partial charge < -0.3 is 4.74 Å². The van der Waals surface area contributed by atoms with Crippen molar-refractivity contribution in [1.29, 1.82) is 0 Å². The molecule has 0 saturated carbocycles. The lowest BCUT2D eigenvalue weighted by Gasteiger charge is -2.09. The fourth-order valence-corrected chi connectivity index (χ4v) is 4.20. The van der Waals surface area contributed by atoms with Crippen LogP contribution in [0.25, 0.3) is 22.2 Å². The van der Waals surface area contributed by atoms with Gasteiger partial charge in [-0.1, -0.05) is 74.5 Å². The molecular formula is C29H29ClF2N2O. The summed E-state index contributed by atoms with van der Waals surface area (Å²) in [5.74, 6) is 0.504. The normalized spacial score (nSPS) is 11.2. The fraction of sp³-hybridized carbons (Fsp3) is 0.310. The van der Waals surface area contributed by atoms with Crippen molar-refractivity contribution in [1.82, 2.24) is 9.97 Å². The molecule has 1 aromatic heterocycles. The average Bonchev–Trinajstić information content (AvgIpc) is 2.88. The number of fused-ring (bicyclic) bond motifs is 1. The molecule has 4 rings (SSSR count). The maximum Gasteiger partial charge on any atom is 0.159 e. The first-order valence-electron chi connectivity index (χ1n) is 12.2. The number of halogens is 3. The zero-order valence-electron chi connectivity index (χ0n) is 19.9. The summed E-state index contributed by atoms with van der Waals surface area (Å²) in [5, 5.41) is 1.40. The summed E-state index contributed by atoms with van der Waals surface area (Å²) in [6.07, 6.45) is 10.3. The van der Waals surface area contributed by atoms with E-state index in [0.717, 1.165) is 22.9 Å². The van der Waals surface area contributed by atoms with Gasteiger partial charge in [0, 0.05) is 10.9 Å². The molecule has 0 spiro atoms. The van der Waals surface area contributed by atoms with Crippen LogP contribution in [0.1, 0.15) is 50.2 Å². The van der Waals surface area contributed by atoms with Crippen LogP contribution in [0, 0.1) is 11.6 Å². The highest BCUT2D eigenvalue weighted by Gasteiger charge is 2.11. The molecule has 6 heteroatoms. The number of unbranched alkanes of at least 4 members (excludes halogenated alkanes) is 4. The van der Waals surface area contributed by atoms with Gasteiger partial charge in [-0.25, -0.2) is 18.7 Å². The summed E-state index contributed by atoms with van der Waals surface area (Å²) in [5.41, 5.74) is 2.18. The second-order valence-corrected chi connectivity index (χ2v) is 9.14. The van der Waals surface area contributed by atoms with E-state index in [0.29, 0.717) is 42.0 Å². The van der Waals surface area contributed by atoms with Crippen molar-refractivity contribution in [3.8, 4) is 17.1 Å². The number of hydrogen-bond acceptors (Lipinski definition) is 3. The number of aryl methyl sites for hydroxylation is 2. The van der Waals surface area contributed by atoms with Gasteiger partial charge in [-0.05, 0) is 54.0 Å². The first-order valence-corrected chi connectivity index (χ1v) is 12.5. The van der Waals surface area contributed by atoms with Crippen LogP contribution >= 0.6 is 11.6 Å². The number of benzene rings is 3. The third kappa shape index (κ3) is 6.55. The molecule has 0 bridgehead atoms. The first-order chi connectivity index (χ1) is 17.0. The van der Waals surface area contributed by atoms with Crippen molar-refractivity contribution in [2.75, 3.05) is 6.61 Å². The van der Waals surface area contributed by atoms with Gasteiger partial charge in [0.25, 0.3) is 0 Å². The SMILES string of the molecule is CCCCCCCOc1cnc(-c2ccc3c(F)c(CCc4ccc(Cl)c(F)c4)ccc3c2)nc1. The largest absolute Gasteiger partial charge is 0.490 e. The predicted molar refractivity (Wildman–Crippen MR) is 138 cm³/mol. The lowest BCUT2D eigenvalue weighted by Crippen LogP contribution is -1.99. The molecule has 0 saturated heterocycles. The monoisotopic (exact) mass is 494 g/mol. The van der Waals surface area contributed by atoms with E-state index in [1.54, 1.807) is 30.6 Å². The van der Waals surface area contributed by atoms with Crippen LogP contribution in [-0.4, -0.2) is 16.6 Å². The summed E-state index contributed by atoms with van der Waals surface area (Å²) in [6, 6.07) is 13.9. The Hall–Kier alpha value is -3.05. The summed E-state index contributed by atoms with van der Waals surface area (Å²) >= 11 is 5.74. The molecule has 0 unspecified atom stereocenters. The molecule has 0 atom stereocenters. The van der Waals surface area contributed by atoms with Crippen LogP contribution in [0.15, 0.2) is 60.9 Å². The van der Waals surface area contributed by atoms with E-state index < -0.39 is 5.82 Å². The smallest absolute Gasteiger partial charge is 0.159 e. The minimum Gasteiger partial charge on any atom is -0.490 e. The predicted octanol–water partition coefficient (Wildman–Crippen LogP) is 8.36. The van der Waals surface area contributed by atoms with Gasteiger partial charge in [-0.2, -0.15) is 0 Å². The van der Waals surface area contributed by atoms with E-state index in [1.807, 2.05) is 18.2 Å². The molecule has 35 heavy (non-hydrogen) atoms. The molecule has 3 aromatic carbocycles. The van der Waals surface area contributed by atoms with Gasteiger partial charge >= 0.3 is 0 Å². The molecule has 1 heterocycles. The van der Waals surface area contributed by atoms with Crippen LogP contribution in [0.5, 0.6) is 5.75 Å². The third-order valence-electron chi connectivity index (χ3n) is 6.10. The standard InChI is InChI=1S/C29H29ClF2N2O/c1-2-3-4-5-6-15-35-24-18-33-29(34-19-24)23-12-13-25-22(17-23)11-10-21(28(25)32)9-7-20-8-14-26(30)27(31)16-20/h8,10-14,16-19H,2-7,9,15H2,1H3. The zero-order chi connectivity index (χ0) is 24.6. The van der Waals surface area contributed by atoms with E-state index in [4.69, 9.17) is 16.3 Å². The number of rotatable bonds is 11. The first kappa shape index (κ1) is 25.1. The molecule has 3 nitrogen and oxygen atoms in total. The average molecular weight is 495 g/mol. The van der Waals surface area contributed by atoms with Crippen LogP contribution < -0.4 is 4.74 Å². The lowest BCUT2D eigenvalue weighted by atomic mass is 9.99. The molecule has 0 radical (unpaired) electrons. The topological polar surface area (TPSA) is 35.0 Å². The van der Waals surface area contributed by atoms with Crippen molar-refractivity contribution in [3.63, 3.8) is 0 Å². The highest BCUT2D eigenvalue weighted by atomic mass is 35.5. The molecule has 4 aromatic rings. The minimum atomic E-state index is -0.458. The second kappa shape index (κ2) is 12.1. The van der Waals surface area contributed by atoms with Crippen LogP contribution in [0.4, 0.5) is 8.78 Å². The summed E-state index contributed by atoms with van der Waals surface area (Å²) < 4.78 is 34.6. The summed E-state index contributed by atoms with van der Waals surface area (Å²) in [7, 11) is 0.